The fourth-order valence-corrected chi connectivity index (χ4v) is 1.90. The highest BCUT2D eigenvalue weighted by atomic mass is 16.3. The van der Waals surface area contributed by atoms with Gasteiger partial charge in [0.1, 0.15) is 5.82 Å². The number of pyridine rings is 1. The first-order chi connectivity index (χ1) is 7.69. The molecule has 2 rings (SSSR count). The van der Waals surface area contributed by atoms with Crippen molar-refractivity contribution in [3.8, 4) is 0 Å². The minimum Gasteiger partial charge on any atom is -0.389 e. The highest BCUT2D eigenvalue weighted by Gasteiger charge is 2.29. The monoisotopic (exact) mass is 223 g/mol. The molecular weight excluding hydrogens is 206 g/mol. The van der Waals surface area contributed by atoms with Gasteiger partial charge in [-0.2, -0.15) is 0 Å². The number of β-amino-alcohol motifs (C(OH)–C–C–N with tert-alkyl or cyclic N) is 2. The van der Waals surface area contributed by atoms with Gasteiger partial charge < -0.3 is 15.5 Å². The molecule has 0 aromatic carbocycles. The number of aliphatic hydroxyl groups excluding tert-OH is 2. The topological polar surface area (TPSA) is 68.6 Å². The molecule has 5 heteroatoms. The molecule has 2 unspecified atom stereocenters. The highest BCUT2D eigenvalue weighted by Crippen LogP contribution is 2.14. The predicted octanol–water partition coefficient (Wildman–Crippen LogP) is -0.339. The minimum absolute atomic E-state index is 0.523. The van der Waals surface area contributed by atoms with Gasteiger partial charge in [-0.15, -0.1) is 0 Å². The highest BCUT2D eigenvalue weighted by molar-refractivity contribution is 5.34. The first-order valence-electron chi connectivity index (χ1n) is 5.40. The number of hydrogen-bond acceptors (Lipinski definition) is 5. The predicted molar refractivity (Wildman–Crippen MR) is 61.1 cm³/mol. The van der Waals surface area contributed by atoms with Crippen LogP contribution in [0.25, 0.3) is 0 Å². The second kappa shape index (κ2) is 4.78. The molecule has 0 bridgehead atoms. The summed E-state index contributed by atoms with van der Waals surface area (Å²) in [5.41, 5.74) is 1.08. The summed E-state index contributed by atoms with van der Waals surface area (Å²) in [4.78, 5) is 6.23. The van der Waals surface area contributed by atoms with Crippen LogP contribution in [0.3, 0.4) is 0 Å². The molecule has 0 saturated carbocycles. The van der Waals surface area contributed by atoms with E-state index in [1.165, 1.54) is 0 Å². The molecule has 1 aliphatic rings. The van der Waals surface area contributed by atoms with E-state index in [4.69, 9.17) is 0 Å². The average molecular weight is 223 g/mol. The summed E-state index contributed by atoms with van der Waals surface area (Å²) in [5, 5.41) is 21.8. The molecule has 0 radical (unpaired) electrons. The largest absolute Gasteiger partial charge is 0.389 e. The SMILES string of the molecule is CNc1ccc(CN2CC(O)C(O)C2)cn1. The van der Waals surface area contributed by atoms with Gasteiger partial charge in [0.15, 0.2) is 0 Å². The van der Waals surface area contributed by atoms with Gasteiger partial charge in [0, 0.05) is 32.9 Å². The van der Waals surface area contributed by atoms with Crippen molar-refractivity contribution in [2.24, 2.45) is 0 Å². The maximum atomic E-state index is 9.41. The van der Waals surface area contributed by atoms with Gasteiger partial charge in [0.05, 0.1) is 12.2 Å². The van der Waals surface area contributed by atoms with E-state index in [1.807, 2.05) is 30.3 Å². The lowest BCUT2D eigenvalue weighted by molar-refractivity contribution is 0.0572. The Bertz CT molecular complexity index is 332. The van der Waals surface area contributed by atoms with Crippen molar-refractivity contribution in [2.75, 3.05) is 25.5 Å². The van der Waals surface area contributed by atoms with Crippen molar-refractivity contribution >= 4 is 5.82 Å². The summed E-state index contributed by atoms with van der Waals surface area (Å²) < 4.78 is 0. The van der Waals surface area contributed by atoms with Gasteiger partial charge >= 0.3 is 0 Å². The lowest BCUT2D eigenvalue weighted by Crippen LogP contribution is -2.22. The van der Waals surface area contributed by atoms with E-state index in [2.05, 4.69) is 10.3 Å². The van der Waals surface area contributed by atoms with Crippen molar-refractivity contribution in [2.45, 2.75) is 18.8 Å². The molecular formula is C11H17N3O2. The Hall–Kier alpha value is -1.17. The quantitative estimate of drug-likeness (QED) is 0.654. The molecule has 5 nitrogen and oxygen atoms in total. The molecule has 16 heavy (non-hydrogen) atoms. The Balaban J connectivity index is 1.94. The van der Waals surface area contributed by atoms with Crippen LogP contribution >= 0.6 is 0 Å². The third-order valence-electron chi connectivity index (χ3n) is 2.82. The molecule has 0 spiro atoms. The number of nitrogens with zero attached hydrogens (tertiary/aromatic N) is 2. The summed E-state index contributed by atoms with van der Waals surface area (Å²) in [6, 6.07) is 3.91. The number of aromatic nitrogens is 1. The van der Waals surface area contributed by atoms with E-state index in [1.54, 1.807) is 0 Å². The van der Waals surface area contributed by atoms with Crippen LogP contribution in [0.4, 0.5) is 5.82 Å². The van der Waals surface area contributed by atoms with Crippen LogP contribution in [0.15, 0.2) is 18.3 Å². The molecule has 88 valence electrons. The summed E-state index contributed by atoms with van der Waals surface area (Å²) >= 11 is 0. The van der Waals surface area contributed by atoms with Gasteiger partial charge in [0.25, 0.3) is 0 Å². The number of hydrogen-bond donors (Lipinski definition) is 3. The Labute approximate surface area is 94.7 Å². The molecule has 3 N–H and O–H groups in total. The Morgan fingerprint density at radius 3 is 2.56 bits per heavy atom. The molecule has 1 aromatic rings. The molecule has 1 fully saturated rings. The fraction of sp³-hybridized carbons (Fsp3) is 0.545. The van der Waals surface area contributed by atoms with Crippen molar-refractivity contribution in [1.29, 1.82) is 0 Å². The average Bonchev–Trinajstić information content (AvgIpc) is 2.59. The molecule has 1 aliphatic heterocycles. The van der Waals surface area contributed by atoms with E-state index >= 15 is 0 Å². The number of likely N-dealkylation sites (tertiary alicyclic amines) is 1. The van der Waals surface area contributed by atoms with Crippen molar-refractivity contribution < 1.29 is 10.2 Å². The molecule has 2 atom stereocenters. The van der Waals surface area contributed by atoms with E-state index in [0.717, 1.165) is 11.4 Å². The normalized spacial score (nSPS) is 25.9. The van der Waals surface area contributed by atoms with Crippen molar-refractivity contribution in [3.63, 3.8) is 0 Å². The van der Waals surface area contributed by atoms with Crippen LogP contribution in [0, 0.1) is 0 Å². The van der Waals surface area contributed by atoms with Gasteiger partial charge in [-0.25, -0.2) is 4.98 Å². The van der Waals surface area contributed by atoms with Crippen LogP contribution in [-0.2, 0) is 6.54 Å². The Morgan fingerprint density at radius 1 is 1.38 bits per heavy atom. The van der Waals surface area contributed by atoms with Gasteiger partial charge in [-0.05, 0) is 11.6 Å². The zero-order chi connectivity index (χ0) is 11.5. The molecule has 1 saturated heterocycles. The van der Waals surface area contributed by atoms with Crippen LogP contribution in [-0.4, -0.2) is 52.4 Å². The fourth-order valence-electron chi connectivity index (χ4n) is 1.90. The molecule has 0 amide bonds. The molecule has 0 aliphatic carbocycles. The second-order valence-electron chi connectivity index (χ2n) is 4.13. The first-order valence-corrected chi connectivity index (χ1v) is 5.40. The van der Waals surface area contributed by atoms with Crippen LogP contribution in [0.5, 0.6) is 0 Å². The van der Waals surface area contributed by atoms with Gasteiger partial charge in [0.2, 0.25) is 0 Å². The Kier molecular flexibility index (Phi) is 3.38. The van der Waals surface area contributed by atoms with E-state index in [9.17, 15) is 10.2 Å². The number of aliphatic hydroxyl groups is 2. The van der Waals surface area contributed by atoms with Crippen molar-refractivity contribution in [1.82, 2.24) is 9.88 Å². The van der Waals surface area contributed by atoms with Gasteiger partial charge in [-0.1, -0.05) is 6.07 Å². The lowest BCUT2D eigenvalue weighted by atomic mass is 10.2. The maximum absolute atomic E-state index is 9.41. The van der Waals surface area contributed by atoms with Crippen LogP contribution < -0.4 is 5.32 Å². The van der Waals surface area contributed by atoms with E-state index in [0.29, 0.717) is 19.6 Å². The second-order valence-corrected chi connectivity index (χ2v) is 4.13. The molecule has 1 aromatic heterocycles. The summed E-state index contributed by atoms with van der Waals surface area (Å²) in [5.74, 6) is 0.838. The third-order valence-corrected chi connectivity index (χ3v) is 2.82. The van der Waals surface area contributed by atoms with Crippen LogP contribution in [0.2, 0.25) is 0 Å². The number of nitrogens with one attached hydrogen (secondary N) is 1. The van der Waals surface area contributed by atoms with Crippen LogP contribution in [0.1, 0.15) is 5.56 Å². The van der Waals surface area contributed by atoms with Gasteiger partial charge in [-0.3, -0.25) is 4.90 Å². The number of anilines is 1. The maximum Gasteiger partial charge on any atom is 0.125 e. The number of rotatable bonds is 3. The third kappa shape index (κ3) is 2.49. The van der Waals surface area contributed by atoms with E-state index in [-0.39, 0.29) is 0 Å². The summed E-state index contributed by atoms with van der Waals surface area (Å²) in [6.45, 7) is 1.76. The lowest BCUT2D eigenvalue weighted by Gasteiger charge is -2.14. The minimum atomic E-state index is -0.621. The standard InChI is InChI=1S/C11H17N3O2/c1-12-11-3-2-8(4-13-11)5-14-6-9(15)10(16)7-14/h2-4,9-10,15-16H,5-7H2,1H3,(H,12,13). The molecule has 2 heterocycles. The van der Waals surface area contributed by atoms with E-state index < -0.39 is 12.2 Å². The Morgan fingerprint density at radius 2 is 2.06 bits per heavy atom. The van der Waals surface area contributed by atoms with Crippen molar-refractivity contribution in [3.05, 3.63) is 23.9 Å². The summed E-state index contributed by atoms with van der Waals surface area (Å²) in [7, 11) is 1.83. The summed E-state index contributed by atoms with van der Waals surface area (Å²) in [6.07, 6.45) is 0.567. The smallest absolute Gasteiger partial charge is 0.125 e. The zero-order valence-electron chi connectivity index (χ0n) is 9.30. The first kappa shape index (κ1) is 11.3. The zero-order valence-corrected chi connectivity index (χ0v) is 9.30.